The zero-order valence-corrected chi connectivity index (χ0v) is 15.3. The summed E-state index contributed by atoms with van der Waals surface area (Å²) in [6.07, 6.45) is 8.89. The van der Waals surface area contributed by atoms with Gasteiger partial charge < -0.3 is 15.0 Å². The maximum Gasteiger partial charge on any atom is 0.410 e. The molecule has 4 heteroatoms. The van der Waals surface area contributed by atoms with Crippen LogP contribution in [0.25, 0.3) is 0 Å². The van der Waals surface area contributed by atoms with Crippen LogP contribution in [0.2, 0.25) is 0 Å². The molecule has 4 nitrogen and oxygen atoms in total. The van der Waals surface area contributed by atoms with E-state index in [0.717, 1.165) is 43.3 Å². The maximum absolute atomic E-state index is 12.2. The van der Waals surface area contributed by atoms with Crippen molar-refractivity contribution in [2.24, 2.45) is 11.8 Å². The zero-order chi connectivity index (χ0) is 17.3. The van der Waals surface area contributed by atoms with Gasteiger partial charge in [0.25, 0.3) is 0 Å². The third kappa shape index (κ3) is 6.03. The van der Waals surface area contributed by atoms with Gasteiger partial charge in [0.15, 0.2) is 0 Å². The summed E-state index contributed by atoms with van der Waals surface area (Å²) in [7, 11) is 0. The molecule has 2 heterocycles. The van der Waals surface area contributed by atoms with E-state index in [4.69, 9.17) is 4.74 Å². The summed E-state index contributed by atoms with van der Waals surface area (Å²) < 4.78 is 5.44. The van der Waals surface area contributed by atoms with Crippen LogP contribution in [-0.2, 0) is 11.3 Å². The monoisotopic (exact) mass is 344 g/mol. The van der Waals surface area contributed by atoms with Crippen molar-refractivity contribution in [3.05, 3.63) is 35.9 Å². The molecule has 1 aromatic rings. The van der Waals surface area contributed by atoms with Gasteiger partial charge in [0.1, 0.15) is 6.61 Å². The van der Waals surface area contributed by atoms with Crippen molar-refractivity contribution in [2.45, 2.75) is 51.6 Å². The molecular formula is C21H32N2O2. The SMILES string of the molecule is O=C(OCc1ccccc1)N1CCC(CCCC2CCNCC2)CC1. The molecule has 2 aliphatic rings. The number of carbonyl (C=O) groups excluding carboxylic acids is 1. The van der Waals surface area contributed by atoms with E-state index in [9.17, 15) is 4.79 Å². The molecule has 2 fully saturated rings. The van der Waals surface area contributed by atoms with Gasteiger partial charge in [-0.3, -0.25) is 0 Å². The Bertz CT molecular complexity index is 506. The van der Waals surface area contributed by atoms with Crippen LogP contribution in [0.15, 0.2) is 30.3 Å². The minimum absolute atomic E-state index is 0.156. The summed E-state index contributed by atoms with van der Waals surface area (Å²) in [5.41, 5.74) is 1.05. The predicted molar refractivity (Wildman–Crippen MR) is 100 cm³/mol. The summed E-state index contributed by atoms with van der Waals surface area (Å²) >= 11 is 0. The van der Waals surface area contributed by atoms with Gasteiger partial charge in [-0.1, -0.05) is 49.6 Å². The minimum Gasteiger partial charge on any atom is -0.445 e. The van der Waals surface area contributed by atoms with Crippen LogP contribution in [0.5, 0.6) is 0 Å². The first-order valence-corrected chi connectivity index (χ1v) is 9.97. The van der Waals surface area contributed by atoms with E-state index in [1.807, 2.05) is 35.2 Å². The van der Waals surface area contributed by atoms with Crippen molar-refractivity contribution in [3.63, 3.8) is 0 Å². The molecule has 0 saturated carbocycles. The van der Waals surface area contributed by atoms with Crippen LogP contribution < -0.4 is 5.32 Å². The molecule has 1 amide bonds. The number of hydrogen-bond donors (Lipinski definition) is 1. The molecule has 0 bridgehead atoms. The lowest BCUT2D eigenvalue weighted by molar-refractivity contribution is 0.0811. The third-order valence-electron chi connectivity index (χ3n) is 5.76. The molecule has 25 heavy (non-hydrogen) atoms. The summed E-state index contributed by atoms with van der Waals surface area (Å²) in [4.78, 5) is 14.1. The van der Waals surface area contributed by atoms with Crippen LogP contribution in [0.3, 0.4) is 0 Å². The second-order valence-electron chi connectivity index (χ2n) is 7.59. The standard InChI is InChI=1S/C21H32N2O2/c24-21(25-17-20-5-2-1-3-6-20)23-15-11-19(12-16-23)8-4-7-18-9-13-22-14-10-18/h1-3,5-6,18-19,22H,4,7-17H2. The summed E-state index contributed by atoms with van der Waals surface area (Å²) in [6.45, 7) is 4.48. The number of nitrogens with zero attached hydrogens (tertiary/aromatic N) is 1. The third-order valence-corrected chi connectivity index (χ3v) is 5.76. The first-order chi connectivity index (χ1) is 12.3. The average Bonchev–Trinajstić information content (AvgIpc) is 2.68. The molecule has 0 spiro atoms. The molecule has 1 N–H and O–H groups in total. The molecule has 3 rings (SSSR count). The average molecular weight is 344 g/mol. The zero-order valence-electron chi connectivity index (χ0n) is 15.3. The summed E-state index contributed by atoms with van der Waals surface area (Å²) in [6, 6.07) is 9.89. The molecule has 1 aromatic carbocycles. The number of piperidine rings is 2. The van der Waals surface area contributed by atoms with Gasteiger partial charge in [-0.05, 0) is 56.2 Å². The number of likely N-dealkylation sites (tertiary alicyclic amines) is 1. The fourth-order valence-electron chi connectivity index (χ4n) is 4.08. The van der Waals surface area contributed by atoms with Gasteiger partial charge in [0.05, 0.1) is 0 Å². The van der Waals surface area contributed by atoms with E-state index in [2.05, 4.69) is 5.32 Å². The number of nitrogens with one attached hydrogen (secondary N) is 1. The van der Waals surface area contributed by atoms with Crippen LogP contribution in [0, 0.1) is 11.8 Å². The predicted octanol–water partition coefficient (Wildman–Crippen LogP) is 4.21. The molecule has 0 aromatic heterocycles. The first-order valence-electron chi connectivity index (χ1n) is 9.97. The Morgan fingerprint density at radius 2 is 1.64 bits per heavy atom. The highest BCUT2D eigenvalue weighted by Crippen LogP contribution is 2.26. The number of benzene rings is 1. The topological polar surface area (TPSA) is 41.6 Å². The Morgan fingerprint density at radius 1 is 1.00 bits per heavy atom. The highest BCUT2D eigenvalue weighted by molar-refractivity contribution is 5.67. The number of ether oxygens (including phenoxy) is 1. The van der Waals surface area contributed by atoms with Crippen molar-refractivity contribution in [1.29, 1.82) is 0 Å². The molecule has 0 unspecified atom stereocenters. The first kappa shape index (κ1) is 18.2. The number of amides is 1. The van der Waals surface area contributed by atoms with Crippen LogP contribution in [0.4, 0.5) is 4.79 Å². The van der Waals surface area contributed by atoms with Gasteiger partial charge >= 0.3 is 6.09 Å². The molecule has 138 valence electrons. The largest absolute Gasteiger partial charge is 0.445 e. The Balaban J connectivity index is 1.29. The quantitative estimate of drug-likeness (QED) is 0.841. The Morgan fingerprint density at radius 3 is 2.32 bits per heavy atom. The number of carbonyl (C=O) groups is 1. The van der Waals surface area contributed by atoms with E-state index in [-0.39, 0.29) is 6.09 Å². The second-order valence-corrected chi connectivity index (χ2v) is 7.59. The van der Waals surface area contributed by atoms with Crippen molar-refractivity contribution in [3.8, 4) is 0 Å². The lowest BCUT2D eigenvalue weighted by Crippen LogP contribution is -2.38. The van der Waals surface area contributed by atoms with Crippen LogP contribution in [0.1, 0.15) is 50.5 Å². The smallest absolute Gasteiger partial charge is 0.410 e. The highest BCUT2D eigenvalue weighted by atomic mass is 16.6. The van der Waals surface area contributed by atoms with Gasteiger partial charge in [-0.25, -0.2) is 4.79 Å². The molecule has 2 aliphatic heterocycles. The van der Waals surface area contributed by atoms with Gasteiger partial charge in [0, 0.05) is 13.1 Å². The van der Waals surface area contributed by atoms with Crippen LogP contribution in [-0.4, -0.2) is 37.2 Å². The second kappa shape index (κ2) is 9.81. The molecule has 0 atom stereocenters. The van der Waals surface area contributed by atoms with E-state index in [0.29, 0.717) is 6.61 Å². The fraction of sp³-hybridized carbons (Fsp3) is 0.667. The van der Waals surface area contributed by atoms with Crippen molar-refractivity contribution in [1.82, 2.24) is 10.2 Å². The van der Waals surface area contributed by atoms with E-state index in [1.54, 1.807) is 0 Å². The summed E-state index contributed by atoms with van der Waals surface area (Å²) in [5, 5.41) is 3.44. The van der Waals surface area contributed by atoms with Gasteiger partial charge in [-0.15, -0.1) is 0 Å². The van der Waals surface area contributed by atoms with Crippen LogP contribution >= 0.6 is 0 Å². The number of hydrogen-bond acceptors (Lipinski definition) is 3. The fourth-order valence-corrected chi connectivity index (χ4v) is 4.08. The van der Waals surface area contributed by atoms with Crippen molar-refractivity contribution >= 4 is 6.09 Å². The van der Waals surface area contributed by atoms with E-state index in [1.165, 1.54) is 45.2 Å². The normalized spacial score (nSPS) is 19.8. The van der Waals surface area contributed by atoms with Crippen molar-refractivity contribution < 1.29 is 9.53 Å². The Hall–Kier alpha value is -1.55. The highest BCUT2D eigenvalue weighted by Gasteiger charge is 2.24. The lowest BCUT2D eigenvalue weighted by atomic mass is 9.87. The molecule has 0 radical (unpaired) electrons. The Kier molecular flexibility index (Phi) is 7.16. The maximum atomic E-state index is 12.2. The Labute approximate surface area is 151 Å². The number of rotatable bonds is 6. The summed E-state index contributed by atoms with van der Waals surface area (Å²) in [5.74, 6) is 1.73. The van der Waals surface area contributed by atoms with Crippen molar-refractivity contribution in [2.75, 3.05) is 26.2 Å². The molecule has 2 saturated heterocycles. The minimum atomic E-state index is -0.156. The molecule has 0 aliphatic carbocycles. The van der Waals surface area contributed by atoms with Gasteiger partial charge in [0.2, 0.25) is 0 Å². The molecular weight excluding hydrogens is 312 g/mol. The van der Waals surface area contributed by atoms with E-state index >= 15 is 0 Å². The lowest BCUT2D eigenvalue weighted by Gasteiger charge is -2.31. The van der Waals surface area contributed by atoms with Gasteiger partial charge in [-0.2, -0.15) is 0 Å². The van der Waals surface area contributed by atoms with E-state index < -0.39 is 0 Å².